The van der Waals surface area contributed by atoms with Gasteiger partial charge in [0.2, 0.25) is 6.19 Å². The number of hydrogen-bond donors (Lipinski definition) is 3. The minimum atomic E-state index is -1.93. The van der Waals surface area contributed by atoms with Gasteiger partial charge < -0.3 is 10.0 Å². The van der Waals surface area contributed by atoms with Gasteiger partial charge in [0.05, 0.1) is 0 Å². The SMILES string of the molecule is N#CNOB(O)O. The van der Waals surface area contributed by atoms with Gasteiger partial charge in [0.25, 0.3) is 0 Å². The number of hydrogen-bond acceptors (Lipinski definition) is 5. The highest BCUT2D eigenvalue weighted by atomic mass is 16.7. The first-order chi connectivity index (χ1) is 3.27. The van der Waals surface area contributed by atoms with Crippen LogP contribution in [0.2, 0.25) is 0 Å². The van der Waals surface area contributed by atoms with E-state index in [9.17, 15) is 0 Å². The normalized spacial score (nSPS) is 7.00. The lowest BCUT2D eigenvalue weighted by Gasteiger charge is -1.91. The largest absolute Gasteiger partial charge is 0.657 e. The molecule has 0 saturated carbocycles. The summed E-state index contributed by atoms with van der Waals surface area (Å²) in [7, 11) is -1.93. The van der Waals surface area contributed by atoms with Crippen molar-refractivity contribution in [3.63, 3.8) is 0 Å². The van der Waals surface area contributed by atoms with Crippen molar-refractivity contribution in [2.24, 2.45) is 0 Å². The van der Waals surface area contributed by atoms with Gasteiger partial charge >= 0.3 is 7.32 Å². The number of nitrogens with one attached hydrogen (secondary N) is 1. The highest BCUT2D eigenvalue weighted by Gasteiger charge is 2.06. The van der Waals surface area contributed by atoms with Crippen LogP contribution in [-0.2, 0) is 4.76 Å². The Balaban J connectivity index is 2.86. The molecule has 0 bridgehead atoms. The average Bonchev–Trinajstić information content (AvgIpc) is 1.61. The van der Waals surface area contributed by atoms with E-state index in [1.54, 1.807) is 5.48 Å². The minimum Gasteiger partial charge on any atom is -0.400 e. The van der Waals surface area contributed by atoms with E-state index >= 15 is 0 Å². The van der Waals surface area contributed by atoms with E-state index < -0.39 is 7.32 Å². The zero-order chi connectivity index (χ0) is 5.70. The van der Waals surface area contributed by atoms with Gasteiger partial charge in [-0.25, -0.2) is 5.48 Å². The highest BCUT2D eigenvalue weighted by molar-refractivity contribution is 6.32. The van der Waals surface area contributed by atoms with Gasteiger partial charge in [0.15, 0.2) is 0 Å². The zero-order valence-electron chi connectivity index (χ0n) is 3.33. The molecule has 0 saturated heterocycles. The van der Waals surface area contributed by atoms with Gasteiger partial charge in [0.1, 0.15) is 0 Å². The Morgan fingerprint density at radius 3 is 2.43 bits per heavy atom. The van der Waals surface area contributed by atoms with Crippen molar-refractivity contribution in [2.75, 3.05) is 0 Å². The van der Waals surface area contributed by atoms with Crippen LogP contribution in [0.1, 0.15) is 0 Å². The van der Waals surface area contributed by atoms with Crippen molar-refractivity contribution >= 4 is 7.32 Å². The van der Waals surface area contributed by atoms with Crippen molar-refractivity contribution in [2.45, 2.75) is 0 Å². The molecular weight excluding hydrogens is 98.8 g/mol. The Morgan fingerprint density at radius 2 is 2.29 bits per heavy atom. The standard InChI is InChI=1S/CH3BN2O3/c3-1-4-7-2(5)6/h4-6H. The lowest BCUT2D eigenvalue weighted by atomic mass is 10.3. The summed E-state index contributed by atoms with van der Waals surface area (Å²) in [4.78, 5) is 0. The quantitative estimate of drug-likeness (QED) is 0.162. The zero-order valence-corrected chi connectivity index (χ0v) is 3.33. The molecule has 0 aliphatic carbocycles. The van der Waals surface area contributed by atoms with Crippen LogP contribution in [0.3, 0.4) is 0 Å². The maximum absolute atomic E-state index is 7.80. The van der Waals surface area contributed by atoms with Gasteiger partial charge in [-0.1, -0.05) is 0 Å². The number of nitriles is 1. The topological polar surface area (TPSA) is 85.5 Å². The van der Waals surface area contributed by atoms with Crippen molar-refractivity contribution in [1.82, 2.24) is 5.48 Å². The van der Waals surface area contributed by atoms with Crippen LogP contribution in [0.4, 0.5) is 0 Å². The van der Waals surface area contributed by atoms with Crippen LogP contribution in [0.15, 0.2) is 0 Å². The van der Waals surface area contributed by atoms with Gasteiger partial charge in [-0.3, -0.25) is 4.76 Å². The first-order valence-electron chi connectivity index (χ1n) is 1.43. The maximum atomic E-state index is 7.80. The van der Waals surface area contributed by atoms with E-state index in [1.165, 1.54) is 6.19 Å². The predicted octanol–water partition coefficient (Wildman–Crippen LogP) is -2.04. The molecule has 3 N–H and O–H groups in total. The number of nitrogens with zero attached hydrogens (tertiary/aromatic N) is 1. The van der Waals surface area contributed by atoms with E-state index in [-0.39, 0.29) is 0 Å². The fourth-order valence-corrected chi connectivity index (χ4v) is 0.0791. The van der Waals surface area contributed by atoms with Crippen LogP contribution in [0.25, 0.3) is 0 Å². The average molecular weight is 102 g/mol. The second-order valence-electron chi connectivity index (χ2n) is 0.658. The van der Waals surface area contributed by atoms with Crippen molar-refractivity contribution < 1.29 is 14.8 Å². The molecule has 0 spiro atoms. The Labute approximate surface area is 40.3 Å². The van der Waals surface area contributed by atoms with Gasteiger partial charge in [-0.05, 0) is 0 Å². The first-order valence-corrected chi connectivity index (χ1v) is 1.43. The van der Waals surface area contributed by atoms with Crippen LogP contribution in [0, 0.1) is 11.5 Å². The smallest absolute Gasteiger partial charge is 0.400 e. The lowest BCUT2D eigenvalue weighted by Crippen LogP contribution is -2.23. The maximum Gasteiger partial charge on any atom is 0.657 e. The lowest BCUT2D eigenvalue weighted by molar-refractivity contribution is 0.142. The van der Waals surface area contributed by atoms with E-state index in [0.29, 0.717) is 0 Å². The number of hydroxylamine groups is 1. The van der Waals surface area contributed by atoms with E-state index in [1.807, 2.05) is 0 Å². The van der Waals surface area contributed by atoms with Crippen LogP contribution in [0.5, 0.6) is 0 Å². The Morgan fingerprint density at radius 1 is 1.71 bits per heavy atom. The molecule has 0 aliphatic rings. The molecule has 0 fully saturated rings. The Hall–Kier alpha value is -0.765. The molecule has 0 aliphatic heterocycles. The summed E-state index contributed by atoms with van der Waals surface area (Å²) in [5, 5.41) is 23.2. The first kappa shape index (κ1) is 6.23. The number of rotatable bonds is 2. The molecule has 38 valence electrons. The second kappa shape index (κ2) is 3.43. The third-order valence-corrected chi connectivity index (χ3v) is 0.210. The van der Waals surface area contributed by atoms with E-state index in [4.69, 9.17) is 15.3 Å². The highest BCUT2D eigenvalue weighted by Crippen LogP contribution is 1.62. The molecule has 5 nitrogen and oxygen atoms in total. The molecule has 0 radical (unpaired) electrons. The second-order valence-corrected chi connectivity index (χ2v) is 0.658. The molecule has 6 heteroatoms. The Kier molecular flexibility index (Phi) is 3.05. The molecule has 0 aromatic rings. The van der Waals surface area contributed by atoms with Crippen LogP contribution < -0.4 is 5.48 Å². The van der Waals surface area contributed by atoms with Gasteiger partial charge in [0, 0.05) is 0 Å². The molecule has 0 unspecified atom stereocenters. The summed E-state index contributed by atoms with van der Waals surface area (Å²) < 4.78 is 3.69. The van der Waals surface area contributed by atoms with Crippen LogP contribution in [-0.4, -0.2) is 17.4 Å². The fourth-order valence-electron chi connectivity index (χ4n) is 0.0791. The molecule has 7 heavy (non-hydrogen) atoms. The minimum absolute atomic E-state index is 1.31. The molecule has 0 atom stereocenters. The third-order valence-electron chi connectivity index (χ3n) is 0.210. The third kappa shape index (κ3) is 5.23. The summed E-state index contributed by atoms with van der Waals surface area (Å²) in [5.74, 6) is 0. The van der Waals surface area contributed by atoms with Crippen molar-refractivity contribution in [3.8, 4) is 6.19 Å². The Bertz CT molecular complexity index is 77.5. The van der Waals surface area contributed by atoms with Crippen molar-refractivity contribution in [3.05, 3.63) is 0 Å². The molecule has 0 aromatic carbocycles. The molecule has 0 aromatic heterocycles. The van der Waals surface area contributed by atoms with Crippen LogP contribution >= 0.6 is 0 Å². The predicted molar refractivity (Wildman–Crippen MR) is 20.0 cm³/mol. The fraction of sp³-hybridized carbons (Fsp3) is 0. The molecule has 0 amide bonds. The summed E-state index contributed by atoms with van der Waals surface area (Å²) in [5.41, 5.74) is 1.55. The van der Waals surface area contributed by atoms with Crippen molar-refractivity contribution in [1.29, 1.82) is 5.26 Å². The molecule has 0 rings (SSSR count). The summed E-state index contributed by atoms with van der Waals surface area (Å²) in [6.07, 6.45) is 1.31. The molecular formula is CH3BN2O3. The van der Waals surface area contributed by atoms with E-state index in [0.717, 1.165) is 0 Å². The summed E-state index contributed by atoms with van der Waals surface area (Å²) in [6, 6.07) is 0. The molecule has 0 heterocycles. The van der Waals surface area contributed by atoms with Gasteiger partial charge in [-0.15, -0.1) is 0 Å². The summed E-state index contributed by atoms with van der Waals surface area (Å²) in [6.45, 7) is 0. The monoisotopic (exact) mass is 102 g/mol. The van der Waals surface area contributed by atoms with Gasteiger partial charge in [-0.2, -0.15) is 5.26 Å². The summed E-state index contributed by atoms with van der Waals surface area (Å²) >= 11 is 0. The van der Waals surface area contributed by atoms with E-state index in [2.05, 4.69) is 4.76 Å².